The lowest BCUT2D eigenvalue weighted by molar-refractivity contribution is 0.923. The van der Waals surface area contributed by atoms with E-state index in [2.05, 4.69) is 59.6 Å². The van der Waals surface area contributed by atoms with E-state index in [9.17, 15) is 0 Å². The van der Waals surface area contributed by atoms with E-state index in [0.29, 0.717) is 0 Å². The maximum atomic E-state index is 4.35. The van der Waals surface area contributed by atoms with Crippen LogP contribution in [0.4, 0.5) is 0 Å². The highest BCUT2D eigenvalue weighted by molar-refractivity contribution is 7.98. The molecule has 0 radical (unpaired) electrons. The lowest BCUT2D eigenvalue weighted by atomic mass is 10.1. The van der Waals surface area contributed by atoms with Crippen LogP contribution in [-0.4, -0.2) is 10.2 Å². The van der Waals surface area contributed by atoms with Crippen molar-refractivity contribution in [2.24, 2.45) is 0 Å². The van der Waals surface area contributed by atoms with Crippen molar-refractivity contribution >= 4 is 22.5 Å². The molecule has 0 atom stereocenters. The molecule has 3 heteroatoms. The largest absolute Gasteiger partial charge is 0.154 e. The zero-order valence-electron chi connectivity index (χ0n) is 11.6. The Morgan fingerprint density at radius 2 is 1.55 bits per heavy atom. The lowest BCUT2D eigenvalue weighted by Gasteiger charge is -2.06. The van der Waals surface area contributed by atoms with Gasteiger partial charge in [0.2, 0.25) is 0 Å². The van der Waals surface area contributed by atoms with Crippen molar-refractivity contribution in [1.82, 2.24) is 10.2 Å². The van der Waals surface area contributed by atoms with Gasteiger partial charge in [-0.1, -0.05) is 65.9 Å². The van der Waals surface area contributed by atoms with Gasteiger partial charge in [-0.2, -0.15) is 5.10 Å². The molecule has 2 aromatic carbocycles. The second-order valence-electron chi connectivity index (χ2n) is 4.91. The van der Waals surface area contributed by atoms with Gasteiger partial charge in [0.15, 0.2) is 0 Å². The van der Waals surface area contributed by atoms with E-state index >= 15 is 0 Å². The monoisotopic (exact) mass is 280 g/mol. The summed E-state index contributed by atoms with van der Waals surface area (Å²) in [5.41, 5.74) is 3.59. The summed E-state index contributed by atoms with van der Waals surface area (Å²) >= 11 is 1.74. The highest BCUT2D eigenvalue weighted by Gasteiger charge is 2.06. The molecular formula is C17H16N2S. The fourth-order valence-electron chi connectivity index (χ4n) is 2.16. The van der Waals surface area contributed by atoms with Crippen molar-refractivity contribution in [1.29, 1.82) is 0 Å². The van der Waals surface area contributed by atoms with Gasteiger partial charge in [-0.3, -0.25) is 0 Å². The summed E-state index contributed by atoms with van der Waals surface area (Å²) in [6.45, 7) is 4.11. The van der Waals surface area contributed by atoms with E-state index in [1.54, 1.807) is 11.8 Å². The minimum absolute atomic E-state index is 0.919. The van der Waals surface area contributed by atoms with Gasteiger partial charge in [0.05, 0.1) is 5.69 Å². The van der Waals surface area contributed by atoms with Gasteiger partial charge < -0.3 is 0 Å². The summed E-state index contributed by atoms with van der Waals surface area (Å²) in [4.78, 5) is 0. The summed E-state index contributed by atoms with van der Waals surface area (Å²) in [6.07, 6.45) is 0. The van der Waals surface area contributed by atoms with Gasteiger partial charge >= 0.3 is 0 Å². The molecule has 0 spiro atoms. The molecule has 0 saturated heterocycles. The van der Waals surface area contributed by atoms with Crippen molar-refractivity contribution in [2.75, 3.05) is 0 Å². The molecule has 0 aliphatic heterocycles. The Morgan fingerprint density at radius 3 is 2.30 bits per heavy atom. The third-order valence-corrected chi connectivity index (χ3v) is 4.39. The topological polar surface area (TPSA) is 25.8 Å². The van der Waals surface area contributed by atoms with Crippen molar-refractivity contribution in [3.63, 3.8) is 0 Å². The van der Waals surface area contributed by atoms with Gasteiger partial charge in [-0.05, 0) is 19.4 Å². The van der Waals surface area contributed by atoms with E-state index in [1.165, 1.54) is 21.9 Å². The maximum absolute atomic E-state index is 4.35. The number of rotatable bonds is 3. The molecule has 1 heterocycles. The fourth-order valence-corrected chi connectivity index (χ4v) is 3.08. The molecule has 2 nitrogen and oxygen atoms in total. The molecule has 0 aliphatic carbocycles. The first kappa shape index (κ1) is 13.1. The molecule has 0 fully saturated rings. The number of thioether (sulfide) groups is 1. The van der Waals surface area contributed by atoms with Crippen LogP contribution in [0.2, 0.25) is 0 Å². The number of aryl methyl sites for hydroxylation is 2. The molecule has 0 saturated carbocycles. The van der Waals surface area contributed by atoms with Crippen LogP contribution in [0.25, 0.3) is 10.8 Å². The molecular weight excluding hydrogens is 264 g/mol. The van der Waals surface area contributed by atoms with Crippen molar-refractivity contribution in [2.45, 2.75) is 24.6 Å². The third-order valence-electron chi connectivity index (χ3n) is 3.33. The van der Waals surface area contributed by atoms with Gasteiger partial charge in [0.1, 0.15) is 5.03 Å². The molecule has 0 bridgehead atoms. The van der Waals surface area contributed by atoms with Gasteiger partial charge in [0, 0.05) is 16.5 Å². The van der Waals surface area contributed by atoms with Crippen LogP contribution in [0.15, 0.2) is 53.6 Å². The highest BCUT2D eigenvalue weighted by atomic mass is 32.2. The maximum Gasteiger partial charge on any atom is 0.127 e. The predicted octanol–water partition coefficient (Wildman–Crippen LogP) is 4.54. The first-order valence-electron chi connectivity index (χ1n) is 6.64. The second kappa shape index (κ2) is 5.63. The Kier molecular flexibility index (Phi) is 3.70. The average Bonchev–Trinajstić information content (AvgIpc) is 2.49. The Balaban J connectivity index is 1.88. The molecule has 0 aliphatic rings. The van der Waals surface area contributed by atoms with Crippen LogP contribution in [0.3, 0.4) is 0 Å². The lowest BCUT2D eigenvalue weighted by Crippen LogP contribution is -1.93. The van der Waals surface area contributed by atoms with E-state index in [0.717, 1.165) is 16.5 Å². The first-order chi connectivity index (χ1) is 9.74. The molecule has 3 aromatic rings. The Morgan fingerprint density at radius 1 is 0.850 bits per heavy atom. The summed E-state index contributed by atoms with van der Waals surface area (Å²) in [6, 6.07) is 17.0. The van der Waals surface area contributed by atoms with Crippen LogP contribution in [0, 0.1) is 13.8 Å². The fraction of sp³-hybridized carbons (Fsp3) is 0.176. The number of benzene rings is 2. The summed E-state index contributed by atoms with van der Waals surface area (Å²) < 4.78 is 0. The van der Waals surface area contributed by atoms with Crippen LogP contribution in [0.5, 0.6) is 0 Å². The highest BCUT2D eigenvalue weighted by Crippen LogP contribution is 2.28. The molecule has 0 N–H and O–H groups in total. The number of hydrogen-bond acceptors (Lipinski definition) is 3. The zero-order valence-corrected chi connectivity index (χ0v) is 12.4. The van der Waals surface area contributed by atoms with E-state index in [1.807, 2.05) is 13.0 Å². The molecule has 0 amide bonds. The normalized spacial score (nSPS) is 10.9. The second-order valence-corrected chi connectivity index (χ2v) is 5.87. The number of aromatic nitrogens is 2. The van der Waals surface area contributed by atoms with Crippen LogP contribution in [-0.2, 0) is 5.75 Å². The smallest absolute Gasteiger partial charge is 0.127 e. The molecule has 100 valence electrons. The van der Waals surface area contributed by atoms with Crippen molar-refractivity contribution in [3.05, 3.63) is 65.4 Å². The van der Waals surface area contributed by atoms with E-state index in [4.69, 9.17) is 0 Å². The number of nitrogens with zero attached hydrogens (tertiary/aromatic N) is 2. The summed E-state index contributed by atoms with van der Waals surface area (Å²) in [5, 5.41) is 12.0. The minimum atomic E-state index is 0.919. The zero-order chi connectivity index (χ0) is 13.9. The van der Waals surface area contributed by atoms with E-state index in [-0.39, 0.29) is 0 Å². The number of hydrogen-bond donors (Lipinski definition) is 0. The van der Waals surface area contributed by atoms with Crippen molar-refractivity contribution in [3.8, 4) is 0 Å². The van der Waals surface area contributed by atoms with E-state index < -0.39 is 0 Å². The molecule has 1 aromatic heterocycles. The van der Waals surface area contributed by atoms with Crippen LogP contribution in [0.1, 0.15) is 16.8 Å². The van der Waals surface area contributed by atoms with Gasteiger partial charge in [-0.25, -0.2) is 0 Å². The van der Waals surface area contributed by atoms with Crippen molar-refractivity contribution < 1.29 is 0 Å². The Bertz CT molecular complexity index is 736. The Hall–Kier alpha value is -1.87. The average molecular weight is 280 g/mol. The quantitative estimate of drug-likeness (QED) is 0.659. The van der Waals surface area contributed by atoms with Crippen LogP contribution >= 0.6 is 11.8 Å². The minimum Gasteiger partial charge on any atom is -0.154 e. The van der Waals surface area contributed by atoms with Crippen LogP contribution < -0.4 is 0 Å². The molecule has 3 rings (SSSR count). The Labute approximate surface area is 123 Å². The summed E-state index contributed by atoms with van der Waals surface area (Å²) in [7, 11) is 0. The predicted molar refractivity (Wildman–Crippen MR) is 85.0 cm³/mol. The standard InChI is InChI=1S/C17H16N2S/c1-12-7-9-14(10-8-12)11-20-17-16-6-4-3-5-15(16)13(2)18-19-17/h3-10H,11H2,1-2H3. The third kappa shape index (κ3) is 2.68. The van der Waals surface area contributed by atoms with Gasteiger partial charge in [-0.15, -0.1) is 5.10 Å². The van der Waals surface area contributed by atoms with Gasteiger partial charge in [0.25, 0.3) is 0 Å². The first-order valence-corrected chi connectivity index (χ1v) is 7.63. The molecule has 0 unspecified atom stereocenters. The summed E-state index contributed by atoms with van der Waals surface area (Å²) in [5.74, 6) is 0.919. The number of fused-ring (bicyclic) bond motifs is 1. The molecule has 20 heavy (non-hydrogen) atoms. The SMILES string of the molecule is Cc1ccc(CSc2nnc(C)c3ccccc23)cc1.